The van der Waals surface area contributed by atoms with Crippen LogP contribution in [0.25, 0.3) is 0 Å². The summed E-state index contributed by atoms with van der Waals surface area (Å²) in [6, 6.07) is 7.15. The molecule has 1 aromatic rings. The molecule has 214 valence electrons. The lowest BCUT2D eigenvalue weighted by molar-refractivity contribution is -0.124. The fourth-order valence-corrected chi connectivity index (χ4v) is 4.41. The summed E-state index contributed by atoms with van der Waals surface area (Å²) in [6.07, 6.45) is 14.3. The Labute approximate surface area is 223 Å². The Morgan fingerprint density at radius 3 is 1.57 bits per heavy atom. The lowest BCUT2D eigenvalue weighted by atomic mass is 10.0. The van der Waals surface area contributed by atoms with Crippen molar-refractivity contribution in [3.8, 4) is 0 Å². The first kappa shape index (κ1) is 33.5. The fourth-order valence-electron chi connectivity index (χ4n) is 4.41. The number of unbranched alkanes of at least 4 members (excludes halogenated alkanes) is 14. The van der Waals surface area contributed by atoms with Gasteiger partial charge in [-0.3, -0.25) is 0 Å². The molecule has 0 amide bonds. The molecule has 0 aliphatic heterocycles. The molecule has 0 saturated heterocycles. The summed E-state index contributed by atoms with van der Waals surface area (Å²) in [5, 5.41) is 47.4. The molecule has 0 unspecified atom stereocenters. The van der Waals surface area contributed by atoms with Crippen molar-refractivity contribution in [1.29, 1.82) is 0 Å². The Kier molecular flexibility index (Phi) is 19.4. The van der Waals surface area contributed by atoms with E-state index in [2.05, 4.69) is 6.92 Å². The predicted molar refractivity (Wildman–Crippen MR) is 146 cm³/mol. The monoisotopic (exact) mass is 524 g/mol. The van der Waals surface area contributed by atoms with Crippen LogP contribution in [-0.4, -0.2) is 69.1 Å². The smallest absolute Gasteiger partial charge is 0.338 e. The van der Waals surface area contributed by atoms with Crippen LogP contribution in [0.2, 0.25) is 0 Å². The maximum absolute atomic E-state index is 12.2. The number of aliphatic hydroxyl groups excluding tert-OH is 5. The van der Waals surface area contributed by atoms with Gasteiger partial charge in [0.15, 0.2) is 0 Å². The van der Waals surface area contributed by atoms with Crippen molar-refractivity contribution in [3.63, 3.8) is 0 Å². The van der Waals surface area contributed by atoms with Crippen LogP contribution >= 0.6 is 0 Å². The second-order valence-electron chi connectivity index (χ2n) is 10.3. The number of benzene rings is 1. The molecule has 7 nitrogen and oxygen atoms in total. The van der Waals surface area contributed by atoms with E-state index < -0.39 is 43.6 Å². The second kappa shape index (κ2) is 21.4. The van der Waals surface area contributed by atoms with Crippen LogP contribution in [0.5, 0.6) is 0 Å². The van der Waals surface area contributed by atoms with E-state index in [1.807, 2.05) is 12.1 Å². The molecule has 0 spiro atoms. The quantitative estimate of drug-likeness (QED) is 0.104. The van der Waals surface area contributed by atoms with Crippen LogP contribution in [0.1, 0.15) is 119 Å². The molecule has 0 fully saturated rings. The number of hydrogen-bond acceptors (Lipinski definition) is 7. The van der Waals surface area contributed by atoms with E-state index in [9.17, 15) is 25.2 Å². The first-order valence-corrected chi connectivity index (χ1v) is 14.5. The molecule has 5 N–H and O–H groups in total. The van der Waals surface area contributed by atoms with E-state index in [0.717, 1.165) is 18.4 Å². The molecule has 37 heavy (non-hydrogen) atoms. The highest BCUT2D eigenvalue weighted by Crippen LogP contribution is 2.15. The van der Waals surface area contributed by atoms with Crippen molar-refractivity contribution in [2.45, 2.75) is 134 Å². The number of esters is 1. The Morgan fingerprint density at radius 2 is 1.11 bits per heavy atom. The van der Waals surface area contributed by atoms with Gasteiger partial charge in [-0.25, -0.2) is 4.79 Å². The minimum absolute atomic E-state index is 0.331. The van der Waals surface area contributed by atoms with Crippen LogP contribution in [0.3, 0.4) is 0 Å². The summed E-state index contributed by atoms with van der Waals surface area (Å²) in [6.45, 7) is 0.951. The second-order valence-corrected chi connectivity index (χ2v) is 10.3. The SMILES string of the molecule is CCCCCCCCCCCCCCCCCc1ccc(C(=O)OC[C@@H](O)[C@@H](O)[C@H](O)[C@@H](O)CO)cc1. The Balaban J connectivity index is 2.09. The van der Waals surface area contributed by atoms with Crippen molar-refractivity contribution < 1.29 is 35.1 Å². The summed E-state index contributed by atoms with van der Waals surface area (Å²) in [7, 11) is 0. The van der Waals surface area contributed by atoms with Crippen molar-refractivity contribution in [2.75, 3.05) is 13.2 Å². The van der Waals surface area contributed by atoms with Gasteiger partial charge in [-0.05, 0) is 30.5 Å². The first-order chi connectivity index (χ1) is 17.9. The summed E-state index contributed by atoms with van der Waals surface area (Å²) >= 11 is 0. The normalized spacial score (nSPS) is 14.8. The van der Waals surface area contributed by atoms with Gasteiger partial charge < -0.3 is 30.3 Å². The molecule has 7 heteroatoms. The molecule has 4 atom stereocenters. The van der Waals surface area contributed by atoms with Gasteiger partial charge in [0.2, 0.25) is 0 Å². The third-order valence-corrected chi connectivity index (χ3v) is 6.97. The Hall–Kier alpha value is -1.51. The van der Waals surface area contributed by atoms with E-state index >= 15 is 0 Å². The van der Waals surface area contributed by atoms with E-state index in [1.54, 1.807) is 12.1 Å². The van der Waals surface area contributed by atoms with E-state index in [4.69, 9.17) is 9.84 Å². The van der Waals surface area contributed by atoms with Gasteiger partial charge in [0.1, 0.15) is 31.0 Å². The molecule has 0 saturated carbocycles. The van der Waals surface area contributed by atoms with Crippen LogP contribution in [0.4, 0.5) is 0 Å². The number of aliphatic hydroxyl groups is 5. The number of aryl methyl sites for hydroxylation is 1. The molecular weight excluding hydrogens is 472 g/mol. The first-order valence-electron chi connectivity index (χ1n) is 14.5. The molecule has 0 radical (unpaired) electrons. The zero-order valence-corrected chi connectivity index (χ0v) is 22.9. The molecule has 0 aliphatic rings. The van der Waals surface area contributed by atoms with Crippen LogP contribution in [-0.2, 0) is 11.2 Å². The topological polar surface area (TPSA) is 127 Å². The molecule has 0 heterocycles. The zero-order valence-electron chi connectivity index (χ0n) is 22.9. The van der Waals surface area contributed by atoms with E-state index in [-0.39, 0.29) is 0 Å². The number of rotatable bonds is 23. The van der Waals surface area contributed by atoms with Gasteiger partial charge in [-0.2, -0.15) is 0 Å². The van der Waals surface area contributed by atoms with Crippen LogP contribution < -0.4 is 0 Å². The number of carbonyl (C=O) groups is 1. The molecule has 1 rings (SSSR count). The minimum Gasteiger partial charge on any atom is -0.459 e. The molecule has 0 bridgehead atoms. The van der Waals surface area contributed by atoms with Crippen molar-refractivity contribution in [2.24, 2.45) is 0 Å². The highest BCUT2D eigenvalue weighted by molar-refractivity contribution is 5.89. The Morgan fingerprint density at radius 1 is 0.676 bits per heavy atom. The van der Waals surface area contributed by atoms with Gasteiger partial charge in [-0.1, -0.05) is 109 Å². The van der Waals surface area contributed by atoms with Crippen LogP contribution in [0.15, 0.2) is 24.3 Å². The molecular formula is C30H52O7. The van der Waals surface area contributed by atoms with E-state index in [1.165, 1.54) is 89.9 Å². The predicted octanol–water partition coefficient (Wildman–Crippen LogP) is 4.69. The van der Waals surface area contributed by atoms with Gasteiger partial charge in [0.25, 0.3) is 0 Å². The van der Waals surface area contributed by atoms with Gasteiger partial charge >= 0.3 is 5.97 Å². The highest BCUT2D eigenvalue weighted by atomic mass is 16.5. The molecule has 1 aromatic carbocycles. The average Bonchev–Trinajstić information content (AvgIpc) is 2.92. The summed E-state index contributed by atoms with van der Waals surface area (Å²) < 4.78 is 5.00. The average molecular weight is 525 g/mol. The standard InChI is InChI=1S/C30H52O7/c1-2-3-4-5-6-7-8-9-10-11-12-13-14-15-16-17-24-18-20-25(21-19-24)30(36)37-23-27(33)29(35)28(34)26(32)22-31/h18-21,26-29,31-35H,2-17,22-23H2,1H3/t26-,27+,28+,29+/m0/s1. The van der Waals surface area contributed by atoms with Gasteiger partial charge in [0.05, 0.1) is 12.2 Å². The minimum atomic E-state index is -1.76. The van der Waals surface area contributed by atoms with Crippen LogP contribution in [0, 0.1) is 0 Å². The number of ether oxygens (including phenoxy) is 1. The van der Waals surface area contributed by atoms with Crippen molar-refractivity contribution in [1.82, 2.24) is 0 Å². The van der Waals surface area contributed by atoms with E-state index in [0.29, 0.717) is 5.56 Å². The third kappa shape index (κ3) is 15.5. The highest BCUT2D eigenvalue weighted by Gasteiger charge is 2.30. The fraction of sp³-hybridized carbons (Fsp3) is 0.767. The Bertz CT molecular complexity index is 679. The zero-order chi connectivity index (χ0) is 27.3. The van der Waals surface area contributed by atoms with Gasteiger partial charge in [-0.15, -0.1) is 0 Å². The maximum atomic E-state index is 12.2. The molecule has 0 aromatic heterocycles. The number of carbonyl (C=O) groups excluding carboxylic acids is 1. The third-order valence-electron chi connectivity index (χ3n) is 6.97. The maximum Gasteiger partial charge on any atom is 0.338 e. The summed E-state index contributed by atoms with van der Waals surface area (Å²) in [4.78, 5) is 12.2. The number of hydrogen-bond donors (Lipinski definition) is 5. The summed E-state index contributed by atoms with van der Waals surface area (Å²) in [5.74, 6) is -0.651. The van der Waals surface area contributed by atoms with Crippen molar-refractivity contribution in [3.05, 3.63) is 35.4 Å². The lowest BCUT2D eigenvalue weighted by Crippen LogP contribution is -2.47. The van der Waals surface area contributed by atoms with Gasteiger partial charge in [0, 0.05) is 0 Å². The lowest BCUT2D eigenvalue weighted by Gasteiger charge is -2.25. The summed E-state index contributed by atoms with van der Waals surface area (Å²) in [5.41, 5.74) is 1.49. The van der Waals surface area contributed by atoms with Crippen molar-refractivity contribution >= 4 is 5.97 Å². The molecule has 0 aliphatic carbocycles. The largest absolute Gasteiger partial charge is 0.459 e.